The summed E-state index contributed by atoms with van der Waals surface area (Å²) in [5.74, 6) is 1.49. The van der Waals surface area contributed by atoms with E-state index in [2.05, 4.69) is 12.2 Å². The molecule has 2 rings (SSSR count). The van der Waals surface area contributed by atoms with Gasteiger partial charge in [0.25, 0.3) is 5.91 Å². The van der Waals surface area contributed by atoms with Crippen molar-refractivity contribution in [3.63, 3.8) is 0 Å². The zero-order valence-electron chi connectivity index (χ0n) is 17.0. The highest BCUT2D eigenvalue weighted by Gasteiger charge is 2.21. The van der Waals surface area contributed by atoms with Crippen LogP contribution in [-0.4, -0.2) is 39.8 Å². The maximum Gasteiger partial charge on any atom is 0.282 e. The number of ether oxygens (including phenoxy) is 2. The third-order valence-electron chi connectivity index (χ3n) is 5.02. The summed E-state index contributed by atoms with van der Waals surface area (Å²) in [6.07, 6.45) is 1.85. The van der Waals surface area contributed by atoms with Crippen LogP contribution < -0.4 is 19.7 Å². The SMILES string of the molecule is CCc1ccc(NC(=O)[C@H](C)[NH+](C)CCc2ccc(OC)c(OC)c2)cc1. The number of carbonyl (C=O) groups is 1. The summed E-state index contributed by atoms with van der Waals surface area (Å²) in [5.41, 5.74) is 3.27. The second-order valence-electron chi connectivity index (χ2n) is 6.80. The van der Waals surface area contributed by atoms with E-state index in [1.165, 1.54) is 5.56 Å². The molecule has 0 heterocycles. The summed E-state index contributed by atoms with van der Waals surface area (Å²) in [4.78, 5) is 13.7. The Hall–Kier alpha value is -2.53. The van der Waals surface area contributed by atoms with Gasteiger partial charge in [0, 0.05) is 12.1 Å². The van der Waals surface area contributed by atoms with Gasteiger partial charge in [-0.15, -0.1) is 0 Å². The molecule has 2 aromatic rings. The number of benzene rings is 2. The molecule has 0 aliphatic rings. The van der Waals surface area contributed by atoms with E-state index in [-0.39, 0.29) is 11.9 Å². The van der Waals surface area contributed by atoms with Crippen molar-refractivity contribution in [2.75, 3.05) is 33.1 Å². The Morgan fingerprint density at radius 3 is 2.26 bits per heavy atom. The van der Waals surface area contributed by atoms with Crippen LogP contribution in [0, 0.1) is 0 Å². The Bertz CT molecular complexity index is 744. The van der Waals surface area contributed by atoms with Crippen molar-refractivity contribution in [2.24, 2.45) is 0 Å². The zero-order valence-corrected chi connectivity index (χ0v) is 17.0. The molecule has 0 fully saturated rings. The lowest BCUT2D eigenvalue weighted by Gasteiger charge is -2.21. The summed E-state index contributed by atoms with van der Waals surface area (Å²) in [6.45, 7) is 4.92. The Kier molecular flexibility index (Phi) is 7.67. The van der Waals surface area contributed by atoms with Crippen molar-refractivity contribution >= 4 is 11.6 Å². The summed E-state index contributed by atoms with van der Waals surface area (Å²) < 4.78 is 10.6. The molecule has 0 aromatic heterocycles. The van der Waals surface area contributed by atoms with Crippen molar-refractivity contribution < 1.29 is 19.2 Å². The molecular formula is C22H31N2O3+. The Labute approximate surface area is 162 Å². The lowest BCUT2D eigenvalue weighted by Crippen LogP contribution is -3.14. The maximum atomic E-state index is 12.5. The highest BCUT2D eigenvalue weighted by molar-refractivity contribution is 5.93. The van der Waals surface area contributed by atoms with Crippen LogP contribution in [0.15, 0.2) is 42.5 Å². The minimum absolute atomic E-state index is 0.0315. The van der Waals surface area contributed by atoms with E-state index in [4.69, 9.17) is 9.47 Å². The van der Waals surface area contributed by atoms with Gasteiger partial charge in [-0.2, -0.15) is 0 Å². The third-order valence-corrected chi connectivity index (χ3v) is 5.02. The maximum absolute atomic E-state index is 12.5. The summed E-state index contributed by atoms with van der Waals surface area (Å²) >= 11 is 0. The quantitative estimate of drug-likeness (QED) is 0.711. The summed E-state index contributed by atoms with van der Waals surface area (Å²) in [6, 6.07) is 13.8. The fourth-order valence-corrected chi connectivity index (χ4v) is 2.89. The number of hydrogen-bond donors (Lipinski definition) is 2. The topological polar surface area (TPSA) is 52.0 Å². The number of hydrogen-bond acceptors (Lipinski definition) is 3. The first-order valence-corrected chi connectivity index (χ1v) is 9.41. The number of likely N-dealkylation sites (N-methyl/N-ethyl adjacent to an activating group) is 1. The highest BCUT2D eigenvalue weighted by atomic mass is 16.5. The van der Waals surface area contributed by atoms with Gasteiger partial charge in [0.2, 0.25) is 0 Å². The number of amides is 1. The molecule has 1 amide bonds. The van der Waals surface area contributed by atoms with E-state index in [0.717, 1.165) is 47.0 Å². The first-order chi connectivity index (χ1) is 13.0. The molecule has 146 valence electrons. The van der Waals surface area contributed by atoms with Crippen LogP contribution in [0.5, 0.6) is 11.5 Å². The lowest BCUT2D eigenvalue weighted by molar-refractivity contribution is -0.893. The van der Waals surface area contributed by atoms with E-state index >= 15 is 0 Å². The Morgan fingerprint density at radius 2 is 1.67 bits per heavy atom. The predicted octanol–water partition coefficient (Wildman–Crippen LogP) is 2.35. The van der Waals surface area contributed by atoms with Gasteiger partial charge in [0.05, 0.1) is 27.8 Å². The molecule has 5 nitrogen and oxygen atoms in total. The summed E-state index contributed by atoms with van der Waals surface area (Å²) in [5, 5.41) is 3.01. The van der Waals surface area contributed by atoms with Gasteiger partial charge in [-0.1, -0.05) is 25.1 Å². The molecule has 2 N–H and O–H groups in total. The highest BCUT2D eigenvalue weighted by Crippen LogP contribution is 2.27. The number of carbonyl (C=O) groups excluding carboxylic acids is 1. The monoisotopic (exact) mass is 371 g/mol. The molecule has 2 aromatic carbocycles. The van der Waals surface area contributed by atoms with Crippen molar-refractivity contribution in [1.29, 1.82) is 0 Å². The van der Waals surface area contributed by atoms with E-state index in [9.17, 15) is 4.79 Å². The molecule has 0 aliphatic carbocycles. The minimum Gasteiger partial charge on any atom is -0.493 e. The lowest BCUT2D eigenvalue weighted by atomic mass is 10.1. The fraction of sp³-hybridized carbons (Fsp3) is 0.409. The van der Waals surface area contributed by atoms with Crippen LogP contribution in [0.4, 0.5) is 5.69 Å². The molecule has 0 aliphatic heterocycles. The average Bonchev–Trinajstić information content (AvgIpc) is 2.71. The number of nitrogens with one attached hydrogen (secondary N) is 2. The number of aryl methyl sites for hydroxylation is 1. The number of anilines is 1. The summed E-state index contributed by atoms with van der Waals surface area (Å²) in [7, 11) is 5.31. The smallest absolute Gasteiger partial charge is 0.282 e. The largest absolute Gasteiger partial charge is 0.493 e. The number of quaternary nitrogens is 1. The van der Waals surface area contributed by atoms with Gasteiger partial charge in [0.1, 0.15) is 0 Å². The van der Waals surface area contributed by atoms with Crippen LogP contribution in [0.25, 0.3) is 0 Å². The molecule has 0 saturated heterocycles. The number of methoxy groups -OCH3 is 2. The van der Waals surface area contributed by atoms with Gasteiger partial charge in [-0.3, -0.25) is 4.79 Å². The van der Waals surface area contributed by atoms with Gasteiger partial charge in [-0.05, 0) is 48.7 Å². The standard InChI is InChI=1S/C22H30N2O3/c1-6-17-7-10-19(11-8-17)23-22(25)16(2)24(3)14-13-18-9-12-20(26-4)21(15-18)27-5/h7-12,15-16H,6,13-14H2,1-5H3,(H,23,25)/p+1/t16-/m0/s1. The Balaban J connectivity index is 1.90. The zero-order chi connectivity index (χ0) is 19.8. The van der Waals surface area contributed by atoms with E-state index in [1.807, 2.05) is 56.4 Å². The molecule has 1 unspecified atom stereocenters. The Morgan fingerprint density at radius 1 is 1.04 bits per heavy atom. The van der Waals surface area contributed by atoms with Gasteiger partial charge >= 0.3 is 0 Å². The van der Waals surface area contributed by atoms with Crippen molar-refractivity contribution in [1.82, 2.24) is 0 Å². The molecule has 0 saturated carbocycles. The molecule has 2 atom stereocenters. The molecule has 27 heavy (non-hydrogen) atoms. The molecule has 0 bridgehead atoms. The fourth-order valence-electron chi connectivity index (χ4n) is 2.89. The van der Waals surface area contributed by atoms with Gasteiger partial charge in [0.15, 0.2) is 17.5 Å². The average molecular weight is 372 g/mol. The second kappa shape index (κ2) is 9.97. The van der Waals surface area contributed by atoms with Gasteiger partial charge < -0.3 is 19.7 Å². The van der Waals surface area contributed by atoms with Crippen LogP contribution in [0.1, 0.15) is 25.0 Å². The molecule has 0 spiro atoms. The second-order valence-corrected chi connectivity index (χ2v) is 6.80. The van der Waals surface area contributed by atoms with E-state index in [1.54, 1.807) is 14.2 Å². The third kappa shape index (κ3) is 5.73. The first-order valence-electron chi connectivity index (χ1n) is 9.41. The normalized spacial score (nSPS) is 12.9. The van der Waals surface area contributed by atoms with Crippen LogP contribution in [-0.2, 0) is 17.6 Å². The first kappa shape index (κ1) is 20.8. The van der Waals surface area contributed by atoms with Crippen molar-refractivity contribution in [3.05, 3.63) is 53.6 Å². The number of rotatable bonds is 9. The van der Waals surface area contributed by atoms with Crippen LogP contribution in [0.2, 0.25) is 0 Å². The van der Waals surface area contributed by atoms with Crippen molar-refractivity contribution in [3.8, 4) is 11.5 Å². The van der Waals surface area contributed by atoms with Crippen LogP contribution in [0.3, 0.4) is 0 Å². The predicted molar refractivity (Wildman–Crippen MR) is 109 cm³/mol. The van der Waals surface area contributed by atoms with Crippen molar-refractivity contribution in [2.45, 2.75) is 32.7 Å². The van der Waals surface area contributed by atoms with E-state index < -0.39 is 0 Å². The molecule has 0 radical (unpaired) electrons. The van der Waals surface area contributed by atoms with Crippen LogP contribution >= 0.6 is 0 Å². The minimum atomic E-state index is -0.143. The van der Waals surface area contributed by atoms with E-state index in [0.29, 0.717) is 0 Å². The molecular weight excluding hydrogens is 340 g/mol. The van der Waals surface area contributed by atoms with Gasteiger partial charge in [-0.25, -0.2) is 0 Å². The molecule has 5 heteroatoms.